The van der Waals surface area contributed by atoms with Gasteiger partial charge in [-0.2, -0.15) is 0 Å². The molecule has 3 aromatic carbocycles. The van der Waals surface area contributed by atoms with Crippen molar-refractivity contribution in [2.75, 3.05) is 38.0 Å². The summed E-state index contributed by atoms with van der Waals surface area (Å²) in [6.07, 6.45) is 7.15. The van der Waals surface area contributed by atoms with Crippen LogP contribution in [0.15, 0.2) is 96.2 Å². The molecule has 0 unspecified atom stereocenters. The molecule has 0 radical (unpaired) electrons. The van der Waals surface area contributed by atoms with Crippen molar-refractivity contribution in [3.8, 4) is 44.9 Å². The maximum atomic E-state index is 13.7. The van der Waals surface area contributed by atoms with Crippen LogP contribution in [0.3, 0.4) is 0 Å². The van der Waals surface area contributed by atoms with Crippen LogP contribution in [-0.4, -0.2) is 42.4 Å². The van der Waals surface area contributed by atoms with E-state index in [1.807, 2.05) is 85.3 Å². The molecule has 0 bridgehead atoms. The van der Waals surface area contributed by atoms with Gasteiger partial charge in [-0.15, -0.1) is 0 Å². The molecule has 0 atom stereocenters. The van der Waals surface area contributed by atoms with Crippen molar-refractivity contribution in [3.63, 3.8) is 0 Å². The van der Waals surface area contributed by atoms with Crippen molar-refractivity contribution >= 4 is 17.4 Å². The van der Waals surface area contributed by atoms with E-state index < -0.39 is 5.91 Å². The van der Waals surface area contributed by atoms with Gasteiger partial charge in [-0.1, -0.05) is 48.0 Å². The fourth-order valence-corrected chi connectivity index (χ4v) is 5.98. The third kappa shape index (κ3) is 7.26. The van der Waals surface area contributed by atoms with Gasteiger partial charge in [-0.05, 0) is 79.6 Å². The van der Waals surface area contributed by atoms with Gasteiger partial charge in [0.25, 0.3) is 5.91 Å². The lowest BCUT2D eigenvalue weighted by atomic mass is 9.99. The molecule has 3 heterocycles. The summed E-state index contributed by atoms with van der Waals surface area (Å²) >= 11 is 0. The van der Waals surface area contributed by atoms with Gasteiger partial charge in [-0.3, -0.25) is 9.59 Å². The molecule has 6 rings (SSSR count). The minimum atomic E-state index is -0.463. The molecule has 1 aliphatic heterocycles. The van der Waals surface area contributed by atoms with E-state index in [2.05, 4.69) is 10.3 Å². The molecule has 0 aliphatic carbocycles. The summed E-state index contributed by atoms with van der Waals surface area (Å²) in [5.74, 6) is 1.63. The summed E-state index contributed by atoms with van der Waals surface area (Å²) < 4.78 is 18.7. The van der Waals surface area contributed by atoms with Crippen LogP contribution in [0, 0.1) is 12.8 Å². The van der Waals surface area contributed by atoms with Gasteiger partial charge in [0.15, 0.2) is 11.5 Å². The Balaban J connectivity index is 1.26. The van der Waals surface area contributed by atoms with Crippen LogP contribution >= 0.6 is 0 Å². The van der Waals surface area contributed by atoms with Gasteiger partial charge >= 0.3 is 0 Å². The first-order valence-corrected chi connectivity index (χ1v) is 16.2. The molecule has 1 amide bonds. The molecule has 3 N–H and O–H groups in total. The Kier molecular flexibility index (Phi) is 9.87. The predicted molar refractivity (Wildman–Crippen MR) is 190 cm³/mol. The van der Waals surface area contributed by atoms with Gasteiger partial charge < -0.3 is 29.8 Å². The van der Waals surface area contributed by atoms with E-state index >= 15 is 0 Å². The number of nitrogens with one attached hydrogen (secondary N) is 1. The molecular weight excluding hydrogens is 604 g/mol. The van der Waals surface area contributed by atoms with E-state index in [9.17, 15) is 9.59 Å². The van der Waals surface area contributed by atoms with Gasteiger partial charge in [0.2, 0.25) is 5.43 Å². The number of carbonyl (C=O) groups is 1. The van der Waals surface area contributed by atoms with E-state index in [-0.39, 0.29) is 11.0 Å². The summed E-state index contributed by atoms with van der Waals surface area (Å²) in [5.41, 5.74) is 12.4. The second-order valence-electron chi connectivity index (χ2n) is 12.0. The second kappa shape index (κ2) is 14.6. The summed E-state index contributed by atoms with van der Waals surface area (Å²) in [5, 5.41) is 2.93. The fourth-order valence-electron chi connectivity index (χ4n) is 5.98. The number of anilines is 2. The van der Waals surface area contributed by atoms with Crippen LogP contribution < -0.4 is 26.0 Å². The molecule has 2 aromatic heterocycles. The number of rotatable bonds is 10. The molecule has 1 fully saturated rings. The van der Waals surface area contributed by atoms with Crippen molar-refractivity contribution in [1.29, 1.82) is 0 Å². The number of aromatic nitrogens is 2. The molecule has 0 saturated carbocycles. The van der Waals surface area contributed by atoms with Crippen LogP contribution in [0.5, 0.6) is 11.5 Å². The lowest BCUT2D eigenvalue weighted by molar-refractivity contribution is 0.0612. The molecule has 5 aromatic rings. The molecule has 9 heteroatoms. The number of hydrogen-bond acceptors (Lipinski definition) is 7. The largest absolute Gasteiger partial charge is 0.493 e. The number of nitrogens with zero attached hydrogens (tertiary/aromatic N) is 2. The average molecular weight is 645 g/mol. The zero-order valence-electron chi connectivity index (χ0n) is 27.5. The smallest absolute Gasteiger partial charge is 0.261 e. The number of hydrogen-bond donors (Lipinski definition) is 2. The summed E-state index contributed by atoms with van der Waals surface area (Å²) in [4.78, 5) is 31.8. The molecule has 48 heavy (non-hydrogen) atoms. The fraction of sp³-hybridized carbons (Fsp3) is 0.256. The number of nitrogens with two attached hydrogens (primary N) is 1. The summed E-state index contributed by atoms with van der Waals surface area (Å²) in [6, 6.07) is 22.8. The number of amides is 1. The number of nitrogen functional groups attached to an aromatic ring is 1. The highest BCUT2D eigenvalue weighted by Gasteiger charge is 2.20. The maximum absolute atomic E-state index is 13.7. The van der Waals surface area contributed by atoms with Crippen molar-refractivity contribution < 1.29 is 19.0 Å². The van der Waals surface area contributed by atoms with Crippen LogP contribution in [0.25, 0.3) is 33.4 Å². The third-order valence-corrected chi connectivity index (χ3v) is 8.67. The SMILES string of the molecule is CCOc1ccc(-c2cnc(N)c(-c3ccc(NC(=O)c4cn(CC5CCOCC5)cc(-c5ccc(C)cc5)c4=O)cc3)c2)cc1OC. The standard InChI is InChI=1S/C39H40N4O5/c1-4-48-35-14-11-29(20-36(35)46-3)30-19-32(38(40)41-21-30)27-9-12-31(13-10-27)42-39(45)34-24-43(22-26-15-17-47-18-16-26)23-33(37(34)44)28-7-5-25(2)6-8-28/h5-14,19-21,23-24,26H,4,15-18,22H2,1-3H3,(H2,40,41)(H,42,45). The Labute approximate surface area is 280 Å². The van der Waals surface area contributed by atoms with E-state index in [4.69, 9.17) is 19.9 Å². The highest BCUT2D eigenvalue weighted by atomic mass is 16.5. The maximum Gasteiger partial charge on any atom is 0.261 e. The Hall–Kier alpha value is -5.41. The summed E-state index contributed by atoms with van der Waals surface area (Å²) in [6.45, 7) is 6.62. The minimum absolute atomic E-state index is 0.0936. The Bertz CT molecular complexity index is 1960. The first kappa shape index (κ1) is 32.5. The quantitative estimate of drug-likeness (QED) is 0.165. The Morgan fingerprint density at radius 3 is 2.31 bits per heavy atom. The number of methoxy groups -OCH3 is 1. The van der Waals surface area contributed by atoms with E-state index in [0.717, 1.165) is 59.4 Å². The van der Waals surface area contributed by atoms with Gasteiger partial charge in [-0.25, -0.2) is 4.98 Å². The topological polar surface area (TPSA) is 118 Å². The minimum Gasteiger partial charge on any atom is -0.493 e. The van der Waals surface area contributed by atoms with E-state index in [1.165, 1.54) is 0 Å². The van der Waals surface area contributed by atoms with Crippen LogP contribution in [0.2, 0.25) is 0 Å². The number of carbonyl (C=O) groups excluding carboxylic acids is 1. The number of benzene rings is 3. The number of aryl methyl sites for hydroxylation is 1. The van der Waals surface area contributed by atoms with Crippen molar-refractivity contribution in [2.45, 2.75) is 33.2 Å². The van der Waals surface area contributed by atoms with Gasteiger partial charge in [0.05, 0.1) is 13.7 Å². The van der Waals surface area contributed by atoms with Crippen LogP contribution in [0.4, 0.5) is 11.5 Å². The monoisotopic (exact) mass is 644 g/mol. The molecule has 1 aliphatic rings. The van der Waals surface area contributed by atoms with Crippen molar-refractivity contribution in [1.82, 2.24) is 9.55 Å². The van der Waals surface area contributed by atoms with Crippen molar-refractivity contribution in [2.24, 2.45) is 5.92 Å². The number of ether oxygens (including phenoxy) is 3. The molecule has 1 saturated heterocycles. The second-order valence-corrected chi connectivity index (χ2v) is 12.0. The van der Waals surface area contributed by atoms with E-state index in [0.29, 0.717) is 47.6 Å². The predicted octanol–water partition coefficient (Wildman–Crippen LogP) is 7.22. The number of pyridine rings is 2. The lowest BCUT2D eigenvalue weighted by Gasteiger charge is -2.23. The van der Waals surface area contributed by atoms with Crippen molar-refractivity contribution in [3.05, 3.63) is 113 Å². The molecule has 9 nitrogen and oxygen atoms in total. The van der Waals surface area contributed by atoms with Gasteiger partial charge in [0.1, 0.15) is 11.4 Å². The Morgan fingerprint density at radius 2 is 1.60 bits per heavy atom. The Morgan fingerprint density at radius 1 is 0.917 bits per heavy atom. The molecule has 0 spiro atoms. The highest BCUT2D eigenvalue weighted by molar-refractivity contribution is 6.04. The third-order valence-electron chi connectivity index (χ3n) is 8.67. The zero-order valence-corrected chi connectivity index (χ0v) is 27.5. The first-order chi connectivity index (χ1) is 23.3. The molecule has 246 valence electrons. The van der Waals surface area contributed by atoms with Gasteiger partial charge in [0, 0.05) is 60.7 Å². The van der Waals surface area contributed by atoms with Crippen LogP contribution in [-0.2, 0) is 11.3 Å². The normalized spacial score (nSPS) is 13.2. The summed E-state index contributed by atoms with van der Waals surface area (Å²) in [7, 11) is 1.61. The first-order valence-electron chi connectivity index (χ1n) is 16.2. The van der Waals surface area contributed by atoms with Crippen LogP contribution in [0.1, 0.15) is 35.7 Å². The van der Waals surface area contributed by atoms with E-state index in [1.54, 1.807) is 31.6 Å². The zero-order chi connectivity index (χ0) is 33.6. The average Bonchev–Trinajstić information content (AvgIpc) is 3.11. The molecular formula is C39H40N4O5. The lowest BCUT2D eigenvalue weighted by Crippen LogP contribution is -2.26. The highest BCUT2D eigenvalue weighted by Crippen LogP contribution is 2.35.